The fraction of sp³-hybridized carbons (Fsp3) is 0.138. The fourth-order valence-corrected chi connectivity index (χ4v) is 6.08. The van der Waals surface area contributed by atoms with Crippen LogP contribution in [0.15, 0.2) is 84.1 Å². The summed E-state index contributed by atoms with van der Waals surface area (Å²) >= 11 is 0. The van der Waals surface area contributed by atoms with Crippen LogP contribution >= 0.6 is 0 Å². The number of esters is 1. The van der Waals surface area contributed by atoms with Crippen LogP contribution in [0.3, 0.4) is 0 Å². The highest BCUT2D eigenvalue weighted by atomic mass is 16.7. The van der Waals surface area contributed by atoms with Crippen molar-refractivity contribution in [3.63, 3.8) is 0 Å². The maximum Gasteiger partial charge on any atom is 0.338 e. The van der Waals surface area contributed by atoms with Crippen LogP contribution in [-0.4, -0.2) is 35.5 Å². The number of hydrogen-bond acceptors (Lipinski definition) is 7. The zero-order valence-corrected chi connectivity index (χ0v) is 20.0. The fourth-order valence-electron chi connectivity index (χ4n) is 6.08. The molecule has 9 nitrogen and oxygen atoms in total. The maximum atomic E-state index is 14.9. The van der Waals surface area contributed by atoms with Crippen molar-refractivity contribution >= 4 is 23.4 Å². The van der Waals surface area contributed by atoms with Gasteiger partial charge >= 0.3 is 5.97 Å². The molecule has 1 spiro atoms. The molecular formula is C29H20N4O5. The number of hydrogen-bond donors (Lipinski definition) is 2. The lowest BCUT2D eigenvalue weighted by molar-refractivity contribution is -0.137. The molecule has 186 valence electrons. The quantitative estimate of drug-likeness (QED) is 0.408. The summed E-state index contributed by atoms with van der Waals surface area (Å²) in [6.07, 6.45) is 0. The van der Waals surface area contributed by atoms with Gasteiger partial charge in [-0.1, -0.05) is 54.6 Å². The van der Waals surface area contributed by atoms with E-state index in [1.165, 1.54) is 0 Å². The highest BCUT2D eigenvalue weighted by molar-refractivity contribution is 6.20. The molecule has 0 fully saturated rings. The average Bonchev–Trinajstić information content (AvgIpc) is 3.72. The van der Waals surface area contributed by atoms with Gasteiger partial charge in [0.1, 0.15) is 12.0 Å². The number of anilines is 2. The lowest BCUT2D eigenvalue weighted by atomic mass is 9.67. The first kappa shape index (κ1) is 21.1. The van der Waals surface area contributed by atoms with Crippen molar-refractivity contribution in [3.05, 3.63) is 101 Å². The van der Waals surface area contributed by atoms with Crippen LogP contribution in [0.1, 0.15) is 16.7 Å². The highest BCUT2D eigenvalue weighted by Gasteiger charge is 2.63. The van der Waals surface area contributed by atoms with Crippen molar-refractivity contribution < 1.29 is 23.8 Å². The number of ether oxygens (including phenoxy) is 3. The Bertz CT molecular complexity index is 1710. The summed E-state index contributed by atoms with van der Waals surface area (Å²) in [6.45, 7) is 0.513. The van der Waals surface area contributed by atoms with Gasteiger partial charge in [0.25, 0.3) is 0 Å². The molecule has 8 rings (SSSR count). The molecule has 0 saturated heterocycles. The highest BCUT2D eigenvalue weighted by Crippen LogP contribution is 2.58. The molecule has 9 heteroatoms. The number of nitrogens with one attached hydrogen (secondary N) is 2. The van der Waals surface area contributed by atoms with Crippen molar-refractivity contribution in [3.8, 4) is 22.8 Å². The summed E-state index contributed by atoms with van der Waals surface area (Å²) < 4.78 is 16.5. The number of nitrogens with zero attached hydrogens (tertiary/aromatic N) is 2. The summed E-state index contributed by atoms with van der Waals surface area (Å²) in [5.74, 6) is 1.09. The largest absolute Gasteiger partial charge is 0.456 e. The van der Waals surface area contributed by atoms with Gasteiger partial charge in [0.15, 0.2) is 17.3 Å². The zero-order chi connectivity index (χ0) is 25.4. The number of H-pyrrole nitrogens is 1. The van der Waals surface area contributed by atoms with Crippen LogP contribution in [0.25, 0.3) is 11.3 Å². The SMILES string of the molecule is O=C1OCC2=C1C1(C(=O)N(Cc3ccc4c(c3)OCO4)c3ccccc31)c1c(n[nH]c1-c1ccccc1)N2. The van der Waals surface area contributed by atoms with E-state index in [1.54, 1.807) is 4.90 Å². The van der Waals surface area contributed by atoms with Crippen molar-refractivity contribution in [2.75, 3.05) is 23.6 Å². The van der Waals surface area contributed by atoms with Gasteiger partial charge in [0, 0.05) is 16.8 Å². The Hall–Kier alpha value is -5.05. The van der Waals surface area contributed by atoms with Crippen molar-refractivity contribution in [2.45, 2.75) is 12.0 Å². The lowest BCUT2D eigenvalue weighted by Gasteiger charge is -2.33. The topological polar surface area (TPSA) is 106 Å². The van der Waals surface area contributed by atoms with Gasteiger partial charge < -0.3 is 24.4 Å². The molecule has 4 aliphatic heterocycles. The number of benzene rings is 3. The molecule has 1 amide bonds. The number of aromatic nitrogens is 2. The lowest BCUT2D eigenvalue weighted by Crippen LogP contribution is -2.46. The third-order valence-corrected chi connectivity index (χ3v) is 7.64. The van der Waals surface area contributed by atoms with E-state index < -0.39 is 11.4 Å². The Labute approximate surface area is 216 Å². The van der Waals surface area contributed by atoms with Crippen molar-refractivity contribution in [1.82, 2.24) is 10.2 Å². The molecule has 2 N–H and O–H groups in total. The molecule has 5 heterocycles. The first-order chi connectivity index (χ1) is 18.7. The molecule has 0 aliphatic carbocycles. The number of amides is 1. The van der Waals surface area contributed by atoms with Crippen LogP contribution in [0.4, 0.5) is 11.5 Å². The van der Waals surface area contributed by atoms with Crippen molar-refractivity contribution in [2.24, 2.45) is 0 Å². The van der Waals surface area contributed by atoms with E-state index in [0.717, 1.165) is 22.4 Å². The van der Waals surface area contributed by atoms with Crippen LogP contribution in [0, 0.1) is 0 Å². The normalized spacial score (nSPS) is 20.4. The molecule has 0 bridgehead atoms. The zero-order valence-electron chi connectivity index (χ0n) is 20.0. The van der Waals surface area contributed by atoms with Gasteiger partial charge in [-0.05, 0) is 29.3 Å². The molecular weight excluding hydrogens is 484 g/mol. The van der Waals surface area contributed by atoms with E-state index in [0.29, 0.717) is 39.8 Å². The number of para-hydroxylation sites is 1. The third kappa shape index (κ3) is 2.62. The Morgan fingerprint density at radius 3 is 2.63 bits per heavy atom. The van der Waals surface area contributed by atoms with E-state index in [2.05, 4.69) is 15.5 Å². The Morgan fingerprint density at radius 2 is 1.74 bits per heavy atom. The van der Waals surface area contributed by atoms with Crippen LogP contribution < -0.4 is 19.7 Å². The van der Waals surface area contributed by atoms with Crippen LogP contribution in [-0.2, 0) is 26.3 Å². The molecule has 3 aromatic carbocycles. The molecule has 1 unspecified atom stereocenters. The number of fused-ring (bicyclic) bond motifs is 6. The maximum absolute atomic E-state index is 14.9. The minimum atomic E-state index is -1.42. The predicted octanol–water partition coefficient (Wildman–Crippen LogP) is 3.87. The van der Waals surface area contributed by atoms with Gasteiger partial charge in [0.2, 0.25) is 12.7 Å². The summed E-state index contributed by atoms with van der Waals surface area (Å²) in [5.41, 5.74) is 3.93. The molecule has 0 radical (unpaired) electrons. The second-order valence-electron chi connectivity index (χ2n) is 9.59. The first-order valence-corrected chi connectivity index (χ1v) is 12.3. The minimum absolute atomic E-state index is 0.0560. The Morgan fingerprint density at radius 1 is 0.921 bits per heavy atom. The van der Waals surface area contributed by atoms with E-state index in [-0.39, 0.29) is 25.9 Å². The molecule has 4 aliphatic rings. The molecule has 38 heavy (non-hydrogen) atoms. The number of carbonyl (C=O) groups is 2. The van der Waals surface area contributed by atoms with Crippen LogP contribution in [0.5, 0.6) is 11.5 Å². The second-order valence-corrected chi connectivity index (χ2v) is 9.59. The summed E-state index contributed by atoms with van der Waals surface area (Å²) in [7, 11) is 0. The van der Waals surface area contributed by atoms with Gasteiger partial charge in [0.05, 0.1) is 23.5 Å². The smallest absolute Gasteiger partial charge is 0.338 e. The summed E-state index contributed by atoms with van der Waals surface area (Å²) in [4.78, 5) is 30.0. The molecule has 1 aromatic heterocycles. The van der Waals surface area contributed by atoms with Gasteiger partial charge in [-0.25, -0.2) is 4.79 Å². The van der Waals surface area contributed by atoms with E-state index in [4.69, 9.17) is 14.2 Å². The average molecular weight is 505 g/mol. The first-order valence-electron chi connectivity index (χ1n) is 12.3. The van der Waals surface area contributed by atoms with E-state index in [9.17, 15) is 9.59 Å². The summed E-state index contributed by atoms with van der Waals surface area (Å²) in [5, 5.41) is 11.0. The van der Waals surface area contributed by atoms with E-state index >= 15 is 0 Å². The van der Waals surface area contributed by atoms with Gasteiger partial charge in [-0.3, -0.25) is 9.89 Å². The number of aromatic amines is 1. The molecule has 0 saturated carbocycles. The summed E-state index contributed by atoms with van der Waals surface area (Å²) in [6, 6.07) is 23.0. The Kier molecular flexibility index (Phi) is 4.15. The Balaban J connectivity index is 1.37. The molecule has 4 aromatic rings. The minimum Gasteiger partial charge on any atom is -0.456 e. The molecule has 1 atom stereocenters. The van der Waals surface area contributed by atoms with Crippen molar-refractivity contribution in [1.29, 1.82) is 0 Å². The third-order valence-electron chi connectivity index (χ3n) is 7.64. The van der Waals surface area contributed by atoms with Gasteiger partial charge in [-0.2, -0.15) is 5.10 Å². The second kappa shape index (κ2) is 7.48. The number of rotatable bonds is 3. The monoisotopic (exact) mass is 504 g/mol. The standard InChI is InChI=1S/C29H20N4O5/c34-27-23-19(14-36-27)30-26-24(25(31-32-26)17-6-2-1-3-7-17)29(23)18-8-4-5-9-20(18)33(28(29)35)13-16-10-11-21-22(12-16)38-15-37-21/h1-12H,13-15H2,(H2,30,31,32). The number of cyclic esters (lactones) is 1. The van der Waals surface area contributed by atoms with E-state index in [1.807, 2.05) is 72.8 Å². The number of carbonyl (C=O) groups excluding carboxylic acids is 2. The predicted molar refractivity (Wildman–Crippen MR) is 137 cm³/mol. The van der Waals surface area contributed by atoms with Crippen LogP contribution in [0.2, 0.25) is 0 Å². The van der Waals surface area contributed by atoms with Gasteiger partial charge in [-0.15, -0.1) is 0 Å².